The molecule has 0 atom stereocenters. The number of benzene rings is 2. The number of nitrogens with zero attached hydrogens (tertiary/aromatic N) is 4. The van der Waals surface area contributed by atoms with Crippen molar-refractivity contribution in [2.75, 3.05) is 18.1 Å². The van der Waals surface area contributed by atoms with E-state index >= 15 is 0 Å². The van der Waals surface area contributed by atoms with E-state index in [2.05, 4.69) is 25.2 Å². The average Bonchev–Trinajstić information content (AvgIpc) is 2.58. The van der Waals surface area contributed by atoms with Crippen molar-refractivity contribution in [2.24, 2.45) is 0 Å². The predicted molar refractivity (Wildman–Crippen MR) is 105 cm³/mol. The fraction of sp³-hybridized carbons (Fsp3) is 0.211. The van der Waals surface area contributed by atoms with Crippen LogP contribution >= 0.6 is 11.6 Å². The molecule has 0 radical (unpaired) electrons. The maximum absolute atomic E-state index is 5.93. The van der Waals surface area contributed by atoms with E-state index in [0.29, 0.717) is 18.3 Å². The number of rotatable bonds is 6. The molecule has 1 aromatic heterocycles. The summed E-state index contributed by atoms with van der Waals surface area (Å²) in [4.78, 5) is 15.0. The zero-order chi connectivity index (χ0) is 18.5. The van der Waals surface area contributed by atoms with Crippen LogP contribution in [0.3, 0.4) is 0 Å². The third-order valence-corrected chi connectivity index (χ3v) is 4.12. The van der Waals surface area contributed by atoms with Crippen molar-refractivity contribution in [1.82, 2.24) is 19.9 Å². The molecule has 3 rings (SSSR count). The number of hydrogen-bond acceptors (Lipinski definition) is 6. The summed E-state index contributed by atoms with van der Waals surface area (Å²) in [5.74, 6) is 1.26. The van der Waals surface area contributed by atoms with E-state index in [4.69, 9.17) is 17.3 Å². The minimum absolute atomic E-state index is 0.200. The standard InChI is InChI=1S/C19H21ClN6/c1-13-5-3-4-6-16(13)22-19-24-17(23-18(21)25-19)12-26(2)11-14-7-9-15(20)10-8-14/h3-10H,11-12H2,1-2H3,(H3,21,22,23,24,25). The lowest BCUT2D eigenvalue weighted by molar-refractivity contribution is 0.310. The van der Waals surface area contributed by atoms with Crippen LogP contribution in [0.15, 0.2) is 48.5 Å². The third kappa shape index (κ3) is 4.91. The SMILES string of the molecule is Cc1ccccc1Nc1nc(N)nc(CN(C)Cc2ccc(Cl)cc2)n1. The Morgan fingerprint density at radius 2 is 1.73 bits per heavy atom. The Hall–Kier alpha value is -2.70. The molecule has 26 heavy (non-hydrogen) atoms. The maximum Gasteiger partial charge on any atom is 0.232 e. The summed E-state index contributed by atoms with van der Waals surface area (Å²) in [6, 6.07) is 15.7. The van der Waals surface area contributed by atoms with E-state index in [9.17, 15) is 0 Å². The van der Waals surface area contributed by atoms with Gasteiger partial charge < -0.3 is 11.1 Å². The zero-order valence-corrected chi connectivity index (χ0v) is 15.5. The van der Waals surface area contributed by atoms with Crippen LogP contribution in [0.2, 0.25) is 5.02 Å². The van der Waals surface area contributed by atoms with Crippen LogP contribution in [-0.4, -0.2) is 26.9 Å². The van der Waals surface area contributed by atoms with Gasteiger partial charge in [-0.25, -0.2) is 0 Å². The summed E-state index contributed by atoms with van der Waals surface area (Å²) >= 11 is 5.93. The van der Waals surface area contributed by atoms with Crippen molar-refractivity contribution in [3.8, 4) is 0 Å². The van der Waals surface area contributed by atoms with Crippen LogP contribution in [0.25, 0.3) is 0 Å². The molecule has 0 aliphatic heterocycles. The Kier molecular flexibility index (Phi) is 5.65. The molecule has 7 heteroatoms. The number of nitrogens with one attached hydrogen (secondary N) is 1. The van der Waals surface area contributed by atoms with Crippen molar-refractivity contribution >= 4 is 29.2 Å². The number of anilines is 3. The van der Waals surface area contributed by atoms with E-state index in [1.165, 1.54) is 0 Å². The number of para-hydroxylation sites is 1. The summed E-state index contributed by atoms with van der Waals surface area (Å²) in [5, 5.41) is 3.94. The van der Waals surface area contributed by atoms with Crippen molar-refractivity contribution in [1.29, 1.82) is 0 Å². The minimum Gasteiger partial charge on any atom is -0.368 e. The second-order valence-electron chi connectivity index (χ2n) is 6.17. The van der Waals surface area contributed by atoms with Crippen LogP contribution in [0.4, 0.5) is 17.6 Å². The van der Waals surface area contributed by atoms with Crippen molar-refractivity contribution in [3.63, 3.8) is 0 Å². The van der Waals surface area contributed by atoms with Crippen LogP contribution in [-0.2, 0) is 13.1 Å². The summed E-state index contributed by atoms with van der Waals surface area (Å²) in [6.45, 7) is 3.33. The number of halogens is 1. The molecule has 0 saturated heterocycles. The van der Waals surface area contributed by atoms with Gasteiger partial charge in [0, 0.05) is 17.3 Å². The Bertz CT molecular complexity index is 881. The first-order valence-electron chi connectivity index (χ1n) is 8.25. The van der Waals surface area contributed by atoms with Crippen LogP contribution in [0.1, 0.15) is 17.0 Å². The highest BCUT2D eigenvalue weighted by Gasteiger charge is 2.09. The van der Waals surface area contributed by atoms with Gasteiger partial charge in [-0.3, -0.25) is 4.90 Å². The smallest absolute Gasteiger partial charge is 0.232 e. The van der Waals surface area contributed by atoms with Crippen molar-refractivity contribution in [3.05, 3.63) is 70.5 Å². The lowest BCUT2D eigenvalue weighted by atomic mass is 10.2. The molecule has 0 unspecified atom stereocenters. The minimum atomic E-state index is 0.200. The Morgan fingerprint density at radius 1 is 1.00 bits per heavy atom. The molecule has 2 aromatic carbocycles. The first-order valence-corrected chi connectivity index (χ1v) is 8.63. The number of aryl methyl sites for hydroxylation is 1. The van der Waals surface area contributed by atoms with Gasteiger partial charge in [0.2, 0.25) is 11.9 Å². The molecule has 6 nitrogen and oxygen atoms in total. The van der Waals surface area contributed by atoms with Gasteiger partial charge in [-0.15, -0.1) is 0 Å². The molecule has 0 aliphatic rings. The fourth-order valence-electron chi connectivity index (χ4n) is 2.60. The van der Waals surface area contributed by atoms with Crippen molar-refractivity contribution in [2.45, 2.75) is 20.0 Å². The molecule has 0 spiro atoms. The highest BCUT2D eigenvalue weighted by Crippen LogP contribution is 2.18. The maximum atomic E-state index is 5.93. The zero-order valence-electron chi connectivity index (χ0n) is 14.8. The molecule has 1 heterocycles. The molecule has 0 amide bonds. The monoisotopic (exact) mass is 368 g/mol. The Morgan fingerprint density at radius 3 is 2.46 bits per heavy atom. The molecular weight excluding hydrogens is 348 g/mol. The Labute approximate surface area is 158 Å². The van der Waals surface area contributed by atoms with E-state index in [1.807, 2.05) is 62.5 Å². The normalized spacial score (nSPS) is 10.9. The van der Waals surface area contributed by atoms with Gasteiger partial charge in [-0.05, 0) is 43.3 Å². The second-order valence-corrected chi connectivity index (χ2v) is 6.61. The molecule has 3 aromatic rings. The van der Waals surface area contributed by atoms with Gasteiger partial charge in [0.25, 0.3) is 0 Å². The molecule has 134 valence electrons. The van der Waals surface area contributed by atoms with Gasteiger partial charge >= 0.3 is 0 Å². The molecule has 0 aliphatic carbocycles. The van der Waals surface area contributed by atoms with Gasteiger partial charge in [0.15, 0.2) is 0 Å². The molecule has 0 fully saturated rings. The van der Waals surface area contributed by atoms with Crippen LogP contribution < -0.4 is 11.1 Å². The summed E-state index contributed by atoms with van der Waals surface area (Å²) in [7, 11) is 2.00. The average molecular weight is 369 g/mol. The van der Waals surface area contributed by atoms with E-state index in [1.54, 1.807) is 0 Å². The second kappa shape index (κ2) is 8.12. The number of hydrogen-bond donors (Lipinski definition) is 2. The highest BCUT2D eigenvalue weighted by atomic mass is 35.5. The molecule has 3 N–H and O–H groups in total. The summed E-state index contributed by atoms with van der Waals surface area (Å²) < 4.78 is 0. The fourth-order valence-corrected chi connectivity index (χ4v) is 2.72. The predicted octanol–water partition coefficient (Wildman–Crippen LogP) is 3.79. The van der Waals surface area contributed by atoms with Crippen LogP contribution in [0, 0.1) is 6.92 Å². The number of nitrogen functional groups attached to an aromatic ring is 1. The van der Waals surface area contributed by atoms with Gasteiger partial charge in [-0.1, -0.05) is 41.9 Å². The Balaban J connectivity index is 1.70. The highest BCUT2D eigenvalue weighted by molar-refractivity contribution is 6.30. The van der Waals surface area contributed by atoms with Crippen molar-refractivity contribution < 1.29 is 0 Å². The quantitative estimate of drug-likeness (QED) is 0.689. The first kappa shape index (κ1) is 18.1. The van der Waals surface area contributed by atoms with E-state index < -0.39 is 0 Å². The lowest BCUT2D eigenvalue weighted by Crippen LogP contribution is -2.20. The van der Waals surface area contributed by atoms with Crippen LogP contribution in [0.5, 0.6) is 0 Å². The molecule has 0 bridgehead atoms. The summed E-state index contributed by atoms with van der Waals surface area (Å²) in [5.41, 5.74) is 9.07. The topological polar surface area (TPSA) is 80.0 Å². The molecular formula is C19H21ClN6. The largest absolute Gasteiger partial charge is 0.368 e. The number of nitrogens with two attached hydrogens (primary N) is 1. The third-order valence-electron chi connectivity index (χ3n) is 3.87. The van der Waals surface area contributed by atoms with Gasteiger partial charge in [-0.2, -0.15) is 15.0 Å². The van der Waals surface area contributed by atoms with E-state index in [-0.39, 0.29) is 5.95 Å². The number of aromatic nitrogens is 3. The van der Waals surface area contributed by atoms with E-state index in [0.717, 1.165) is 28.4 Å². The first-order chi connectivity index (χ1) is 12.5. The lowest BCUT2D eigenvalue weighted by Gasteiger charge is -2.16. The molecule has 0 saturated carbocycles. The van der Waals surface area contributed by atoms with Gasteiger partial charge in [0.05, 0.1) is 6.54 Å². The van der Waals surface area contributed by atoms with Gasteiger partial charge in [0.1, 0.15) is 5.82 Å². The summed E-state index contributed by atoms with van der Waals surface area (Å²) in [6.07, 6.45) is 0.